The monoisotopic (exact) mass is 469 g/mol. The second-order valence-corrected chi connectivity index (χ2v) is 9.23. The van der Waals surface area contributed by atoms with Crippen LogP contribution in [0, 0.1) is 0 Å². The third-order valence-electron chi connectivity index (χ3n) is 6.21. The number of nitrogens with two attached hydrogens (primary N) is 1. The van der Waals surface area contributed by atoms with Crippen LogP contribution in [0.15, 0.2) is 70.1 Å². The third-order valence-corrected chi connectivity index (χ3v) is 6.21. The van der Waals surface area contributed by atoms with Gasteiger partial charge in [0, 0.05) is 16.7 Å². The van der Waals surface area contributed by atoms with Crippen molar-refractivity contribution < 1.29 is 22.7 Å². The number of aliphatic hydroxyl groups is 1. The Balaban J connectivity index is 1.66. The fourth-order valence-electron chi connectivity index (χ4n) is 4.88. The summed E-state index contributed by atoms with van der Waals surface area (Å²) in [6.45, 7) is 0.298. The van der Waals surface area contributed by atoms with E-state index in [1.54, 1.807) is 49.4 Å². The molecule has 0 saturated heterocycles. The highest BCUT2D eigenvalue weighted by atomic mass is 19.4. The molecule has 9 heteroatoms. The lowest BCUT2D eigenvalue weighted by Gasteiger charge is -2.49. The number of furan rings is 1. The van der Waals surface area contributed by atoms with Gasteiger partial charge in [-0.3, -0.25) is 9.36 Å². The maximum absolute atomic E-state index is 13.1. The number of aromatic nitrogens is 2. The van der Waals surface area contributed by atoms with Gasteiger partial charge in [0.25, 0.3) is 5.56 Å². The summed E-state index contributed by atoms with van der Waals surface area (Å²) >= 11 is 0. The largest absolute Gasteiger partial charge is 0.437 e. The molecule has 0 aliphatic heterocycles. The minimum absolute atomic E-state index is 0.0117. The van der Waals surface area contributed by atoms with Crippen molar-refractivity contribution in [3.05, 3.63) is 76.8 Å². The fourth-order valence-corrected chi connectivity index (χ4v) is 4.88. The van der Waals surface area contributed by atoms with Gasteiger partial charge in [0.05, 0.1) is 5.60 Å². The zero-order chi connectivity index (χ0) is 24.3. The van der Waals surface area contributed by atoms with Crippen LogP contribution in [0.4, 0.5) is 13.2 Å². The number of hydrogen-bond acceptors (Lipinski definition) is 5. The maximum Gasteiger partial charge on any atom is 0.406 e. The zero-order valence-electron chi connectivity index (χ0n) is 18.3. The van der Waals surface area contributed by atoms with Crippen LogP contribution in [0.25, 0.3) is 33.6 Å². The van der Waals surface area contributed by atoms with E-state index < -0.39 is 29.4 Å². The van der Waals surface area contributed by atoms with E-state index in [-0.39, 0.29) is 11.1 Å². The third kappa shape index (κ3) is 3.91. The molecule has 3 N–H and O–H groups in total. The molecule has 0 atom stereocenters. The zero-order valence-corrected chi connectivity index (χ0v) is 18.3. The summed E-state index contributed by atoms with van der Waals surface area (Å²) in [7, 11) is 0. The van der Waals surface area contributed by atoms with Crippen molar-refractivity contribution in [1.82, 2.24) is 9.55 Å². The SMILES string of the molecule is CC1(O)CC(N)(c2ccc(-c3oc4ncn(CC(F)(F)F)c(=O)c4c3-c3ccccc3)cc2)C1. The summed E-state index contributed by atoms with van der Waals surface area (Å²) in [5, 5.41) is 10.1. The number of halogens is 3. The Hall–Kier alpha value is -3.43. The summed E-state index contributed by atoms with van der Waals surface area (Å²) < 4.78 is 45.5. The van der Waals surface area contributed by atoms with Gasteiger partial charge < -0.3 is 15.3 Å². The van der Waals surface area contributed by atoms with Crippen LogP contribution in [0.3, 0.4) is 0 Å². The molecule has 4 aromatic rings. The summed E-state index contributed by atoms with van der Waals surface area (Å²) in [5.74, 6) is 0.328. The number of hydrogen-bond donors (Lipinski definition) is 2. The van der Waals surface area contributed by atoms with E-state index in [0.717, 1.165) is 11.9 Å². The van der Waals surface area contributed by atoms with Crippen LogP contribution in [0.5, 0.6) is 0 Å². The number of rotatable bonds is 4. The average molecular weight is 469 g/mol. The van der Waals surface area contributed by atoms with Crippen molar-refractivity contribution in [2.24, 2.45) is 5.73 Å². The van der Waals surface area contributed by atoms with E-state index in [9.17, 15) is 23.1 Å². The van der Waals surface area contributed by atoms with Gasteiger partial charge in [0.2, 0.25) is 5.71 Å². The Morgan fingerprint density at radius 1 is 1.09 bits per heavy atom. The van der Waals surface area contributed by atoms with Crippen molar-refractivity contribution in [2.75, 3.05) is 0 Å². The van der Waals surface area contributed by atoms with Crippen LogP contribution in [0.1, 0.15) is 25.3 Å². The lowest BCUT2D eigenvalue weighted by Crippen LogP contribution is -2.58. The molecule has 2 aromatic carbocycles. The van der Waals surface area contributed by atoms with Crippen molar-refractivity contribution in [3.63, 3.8) is 0 Å². The van der Waals surface area contributed by atoms with E-state index in [1.165, 1.54) is 0 Å². The van der Waals surface area contributed by atoms with Gasteiger partial charge in [-0.15, -0.1) is 0 Å². The van der Waals surface area contributed by atoms with Crippen LogP contribution in [-0.2, 0) is 12.1 Å². The Morgan fingerprint density at radius 3 is 2.32 bits per heavy atom. The highest BCUT2D eigenvalue weighted by Crippen LogP contribution is 2.47. The molecule has 1 aliphatic carbocycles. The van der Waals surface area contributed by atoms with Gasteiger partial charge in [0.1, 0.15) is 24.0 Å². The molecule has 176 valence electrons. The number of nitrogens with zero attached hydrogens (tertiary/aromatic N) is 2. The van der Waals surface area contributed by atoms with Crippen LogP contribution in [-0.4, -0.2) is 26.4 Å². The normalized spacial score (nSPS) is 22.6. The predicted octanol–water partition coefficient (Wildman–Crippen LogP) is 4.58. The lowest BCUT2D eigenvalue weighted by atomic mass is 9.63. The standard InChI is InChI=1S/C25H22F3N3O3/c1-23(33)11-24(29,12-23)17-9-7-16(8-10-17)20-18(15-5-3-2-4-6-15)19-21(34-20)30-14-31(22(19)32)13-25(26,27)28/h2-10,14,33H,11-13,29H2,1H3. The van der Waals surface area contributed by atoms with Gasteiger partial charge in [-0.05, 0) is 30.9 Å². The molecule has 2 heterocycles. The molecule has 1 aliphatic rings. The van der Waals surface area contributed by atoms with Gasteiger partial charge in [0.15, 0.2) is 0 Å². The summed E-state index contributed by atoms with van der Waals surface area (Å²) in [5.41, 5.74) is 6.61. The minimum Gasteiger partial charge on any atom is -0.437 e. The average Bonchev–Trinajstić information content (AvgIpc) is 3.14. The molecule has 0 unspecified atom stereocenters. The van der Waals surface area contributed by atoms with Crippen molar-refractivity contribution in [3.8, 4) is 22.5 Å². The number of alkyl halides is 3. The Morgan fingerprint density at radius 2 is 1.74 bits per heavy atom. The fraction of sp³-hybridized carbons (Fsp3) is 0.280. The first kappa shape index (κ1) is 22.4. The highest BCUT2D eigenvalue weighted by molar-refractivity contribution is 5.99. The van der Waals surface area contributed by atoms with Gasteiger partial charge in [-0.25, -0.2) is 4.98 Å². The van der Waals surface area contributed by atoms with Gasteiger partial charge in [-0.1, -0.05) is 54.6 Å². The topological polar surface area (TPSA) is 94.3 Å². The smallest absolute Gasteiger partial charge is 0.406 e. The molecule has 2 aromatic heterocycles. The molecule has 5 rings (SSSR count). The van der Waals surface area contributed by atoms with Crippen LogP contribution >= 0.6 is 0 Å². The molecular weight excluding hydrogens is 447 g/mol. The predicted molar refractivity (Wildman–Crippen MR) is 121 cm³/mol. The molecule has 0 amide bonds. The molecule has 0 bridgehead atoms. The molecular formula is C25H22F3N3O3. The van der Waals surface area contributed by atoms with E-state index in [0.29, 0.717) is 39.9 Å². The summed E-state index contributed by atoms with van der Waals surface area (Å²) in [4.78, 5) is 17.1. The molecule has 34 heavy (non-hydrogen) atoms. The van der Waals surface area contributed by atoms with Crippen molar-refractivity contribution >= 4 is 11.1 Å². The molecule has 1 fully saturated rings. The number of benzene rings is 2. The van der Waals surface area contributed by atoms with Gasteiger partial charge >= 0.3 is 6.18 Å². The van der Waals surface area contributed by atoms with E-state index in [2.05, 4.69) is 4.98 Å². The first-order valence-electron chi connectivity index (χ1n) is 10.7. The van der Waals surface area contributed by atoms with Crippen molar-refractivity contribution in [2.45, 2.75) is 43.6 Å². The summed E-state index contributed by atoms with van der Waals surface area (Å²) in [6.07, 6.45) is -2.85. The minimum atomic E-state index is -4.57. The van der Waals surface area contributed by atoms with Crippen molar-refractivity contribution in [1.29, 1.82) is 0 Å². The van der Waals surface area contributed by atoms with E-state index in [1.807, 2.05) is 12.1 Å². The first-order valence-corrected chi connectivity index (χ1v) is 10.7. The Labute approximate surface area is 192 Å². The highest BCUT2D eigenvalue weighted by Gasteiger charge is 2.49. The molecule has 6 nitrogen and oxygen atoms in total. The van der Waals surface area contributed by atoms with E-state index >= 15 is 0 Å². The molecule has 0 radical (unpaired) electrons. The quantitative estimate of drug-likeness (QED) is 0.456. The lowest BCUT2D eigenvalue weighted by molar-refractivity contribution is -0.141. The molecule has 0 spiro atoms. The first-order chi connectivity index (χ1) is 16.0. The maximum atomic E-state index is 13.1. The van der Waals surface area contributed by atoms with Crippen LogP contribution in [0.2, 0.25) is 0 Å². The Kier molecular flexibility index (Phi) is 4.96. The second kappa shape index (κ2) is 7.54. The second-order valence-electron chi connectivity index (χ2n) is 9.23. The van der Waals surface area contributed by atoms with Crippen LogP contribution < -0.4 is 11.3 Å². The number of fused-ring (bicyclic) bond motifs is 1. The molecule has 1 saturated carbocycles. The Bertz CT molecular complexity index is 1410. The summed E-state index contributed by atoms with van der Waals surface area (Å²) in [6, 6.07) is 16.1. The van der Waals surface area contributed by atoms with Gasteiger partial charge in [-0.2, -0.15) is 13.2 Å². The van der Waals surface area contributed by atoms with E-state index in [4.69, 9.17) is 10.2 Å².